The smallest absolute Gasteiger partial charge is 0.0959 e. The average molecular weight is 286 g/mol. The van der Waals surface area contributed by atoms with Crippen molar-refractivity contribution in [1.29, 1.82) is 0 Å². The maximum atomic E-state index is 10.0. The van der Waals surface area contributed by atoms with Crippen molar-refractivity contribution in [2.24, 2.45) is 0 Å². The fraction of sp³-hybridized carbons (Fsp3) is 0.769. The van der Waals surface area contributed by atoms with Gasteiger partial charge in [0.1, 0.15) is 0 Å². The topological polar surface area (TPSA) is 45.1 Å². The summed E-state index contributed by atoms with van der Waals surface area (Å²) >= 11 is 3.49. The third-order valence-electron chi connectivity index (χ3n) is 3.29. The minimum atomic E-state index is -0.624. The van der Waals surface area contributed by atoms with Gasteiger partial charge in [-0.25, -0.2) is 4.98 Å². The summed E-state index contributed by atoms with van der Waals surface area (Å²) in [6.45, 7) is 3.32. The van der Waals surface area contributed by atoms with Crippen LogP contribution in [0.4, 0.5) is 0 Å². The van der Waals surface area contributed by atoms with Crippen LogP contribution in [0, 0.1) is 0 Å². The van der Waals surface area contributed by atoms with Crippen LogP contribution in [0.1, 0.15) is 42.0 Å². The fourth-order valence-electron chi connectivity index (χ4n) is 2.07. The lowest BCUT2D eigenvalue weighted by Gasteiger charge is -2.23. The van der Waals surface area contributed by atoms with Crippen molar-refractivity contribution in [3.63, 3.8) is 0 Å². The lowest BCUT2D eigenvalue weighted by molar-refractivity contribution is 0.0846. The summed E-state index contributed by atoms with van der Waals surface area (Å²) in [6.07, 6.45) is 7.97. The minimum Gasteiger partial charge on any atom is -0.388 e. The highest BCUT2D eigenvalue weighted by Crippen LogP contribution is 2.38. The van der Waals surface area contributed by atoms with Crippen molar-refractivity contribution in [2.45, 2.75) is 44.2 Å². The van der Waals surface area contributed by atoms with Gasteiger partial charge in [-0.2, -0.15) is 11.8 Å². The Morgan fingerprint density at radius 2 is 2.39 bits per heavy atom. The van der Waals surface area contributed by atoms with E-state index in [1.165, 1.54) is 29.1 Å². The van der Waals surface area contributed by atoms with E-state index < -0.39 is 5.60 Å². The van der Waals surface area contributed by atoms with E-state index in [0.717, 1.165) is 18.2 Å². The third kappa shape index (κ3) is 3.95. The number of thiazole rings is 1. The molecule has 102 valence electrons. The molecule has 0 spiro atoms. The van der Waals surface area contributed by atoms with E-state index >= 15 is 0 Å². The number of aliphatic hydroxyl groups is 1. The zero-order valence-electron chi connectivity index (χ0n) is 11.1. The number of thioether (sulfide) groups is 1. The maximum Gasteiger partial charge on any atom is 0.0959 e. The Labute approximate surface area is 117 Å². The first-order valence-electron chi connectivity index (χ1n) is 6.47. The molecule has 1 aliphatic carbocycles. The summed E-state index contributed by atoms with van der Waals surface area (Å²) in [6, 6.07) is 0. The first-order chi connectivity index (χ1) is 8.61. The van der Waals surface area contributed by atoms with Crippen LogP contribution in [0.3, 0.4) is 0 Å². The van der Waals surface area contributed by atoms with Crippen LogP contribution >= 0.6 is 23.1 Å². The van der Waals surface area contributed by atoms with Gasteiger partial charge in [0.15, 0.2) is 0 Å². The molecule has 0 aliphatic heterocycles. The second kappa shape index (κ2) is 6.37. The molecule has 18 heavy (non-hydrogen) atoms. The molecule has 1 aromatic heterocycles. The molecule has 1 aliphatic rings. The van der Waals surface area contributed by atoms with Crippen LogP contribution in [0.25, 0.3) is 0 Å². The molecule has 5 heteroatoms. The summed E-state index contributed by atoms with van der Waals surface area (Å²) in [4.78, 5) is 5.78. The first kappa shape index (κ1) is 14.3. The van der Waals surface area contributed by atoms with Gasteiger partial charge in [-0.15, -0.1) is 11.3 Å². The monoisotopic (exact) mass is 286 g/mol. The molecular formula is C13H22N2OS2. The maximum absolute atomic E-state index is 10.0. The minimum absolute atomic E-state index is 0.624. The van der Waals surface area contributed by atoms with E-state index in [0.29, 0.717) is 6.54 Å². The first-order valence-corrected chi connectivity index (χ1v) is 8.68. The van der Waals surface area contributed by atoms with E-state index in [1.54, 1.807) is 11.8 Å². The van der Waals surface area contributed by atoms with Crippen molar-refractivity contribution < 1.29 is 5.11 Å². The van der Waals surface area contributed by atoms with Gasteiger partial charge in [0.05, 0.1) is 10.6 Å². The van der Waals surface area contributed by atoms with E-state index in [2.05, 4.69) is 10.3 Å². The summed E-state index contributed by atoms with van der Waals surface area (Å²) in [7, 11) is 0. The van der Waals surface area contributed by atoms with Crippen LogP contribution in [-0.2, 0) is 6.54 Å². The number of nitrogens with zero attached hydrogens (tertiary/aromatic N) is 1. The molecule has 0 radical (unpaired) electrons. The summed E-state index contributed by atoms with van der Waals surface area (Å²) in [5.74, 6) is 1.49. The van der Waals surface area contributed by atoms with Gasteiger partial charge in [0, 0.05) is 35.8 Å². The molecule has 3 nitrogen and oxygen atoms in total. The number of aromatic nitrogens is 1. The van der Waals surface area contributed by atoms with Crippen molar-refractivity contribution in [3.8, 4) is 0 Å². The standard InChI is InChI=1S/C13H22N2OS2/c1-13(16,9-17-2)8-14-6-11-7-15-12(18-11)10-4-3-5-10/h7,10,14,16H,3-6,8-9H2,1-2H3. The Balaban J connectivity index is 1.74. The second-order valence-electron chi connectivity index (χ2n) is 5.33. The summed E-state index contributed by atoms with van der Waals surface area (Å²) in [5, 5.41) is 14.7. The van der Waals surface area contributed by atoms with Crippen molar-refractivity contribution >= 4 is 23.1 Å². The number of nitrogens with one attached hydrogen (secondary N) is 1. The van der Waals surface area contributed by atoms with Gasteiger partial charge in [0.25, 0.3) is 0 Å². The highest BCUT2D eigenvalue weighted by atomic mass is 32.2. The van der Waals surface area contributed by atoms with Gasteiger partial charge in [-0.3, -0.25) is 0 Å². The van der Waals surface area contributed by atoms with Crippen LogP contribution in [0.2, 0.25) is 0 Å². The molecule has 1 fully saturated rings. The molecule has 0 aromatic carbocycles. The van der Waals surface area contributed by atoms with Gasteiger partial charge in [-0.05, 0) is 26.0 Å². The van der Waals surface area contributed by atoms with Gasteiger partial charge < -0.3 is 10.4 Å². The molecule has 0 bridgehead atoms. The molecule has 1 aromatic rings. The number of rotatable bonds is 7. The lowest BCUT2D eigenvalue weighted by atomic mass is 9.86. The zero-order valence-corrected chi connectivity index (χ0v) is 12.7. The predicted octanol–water partition coefficient (Wildman–Crippen LogP) is 2.61. The Bertz CT molecular complexity index is 375. The van der Waals surface area contributed by atoms with Gasteiger partial charge in [-0.1, -0.05) is 6.42 Å². The van der Waals surface area contributed by atoms with Gasteiger partial charge in [0.2, 0.25) is 0 Å². The molecule has 0 saturated heterocycles. The molecule has 1 heterocycles. The molecule has 0 amide bonds. The predicted molar refractivity (Wildman–Crippen MR) is 79.4 cm³/mol. The lowest BCUT2D eigenvalue weighted by Crippen LogP contribution is -2.39. The van der Waals surface area contributed by atoms with Crippen LogP contribution in [0.15, 0.2) is 6.20 Å². The normalized spacial score (nSPS) is 19.5. The molecule has 2 rings (SSSR count). The van der Waals surface area contributed by atoms with E-state index in [-0.39, 0.29) is 0 Å². The molecule has 2 N–H and O–H groups in total. The largest absolute Gasteiger partial charge is 0.388 e. The average Bonchev–Trinajstić information content (AvgIpc) is 2.63. The Morgan fingerprint density at radius 1 is 1.61 bits per heavy atom. The molecule has 1 atom stereocenters. The SMILES string of the molecule is CSCC(C)(O)CNCc1cnc(C2CCC2)s1. The van der Waals surface area contributed by atoms with E-state index in [1.807, 2.05) is 30.7 Å². The summed E-state index contributed by atoms with van der Waals surface area (Å²) < 4.78 is 0. The highest BCUT2D eigenvalue weighted by molar-refractivity contribution is 7.98. The third-order valence-corrected chi connectivity index (χ3v) is 5.36. The number of hydrogen-bond acceptors (Lipinski definition) is 5. The second-order valence-corrected chi connectivity index (χ2v) is 7.34. The Morgan fingerprint density at radius 3 is 3.00 bits per heavy atom. The number of hydrogen-bond donors (Lipinski definition) is 2. The van der Waals surface area contributed by atoms with Crippen LogP contribution in [-0.4, -0.2) is 34.2 Å². The highest BCUT2D eigenvalue weighted by Gasteiger charge is 2.23. The van der Waals surface area contributed by atoms with Crippen molar-refractivity contribution in [3.05, 3.63) is 16.1 Å². The van der Waals surface area contributed by atoms with Crippen molar-refractivity contribution in [2.75, 3.05) is 18.6 Å². The molecule has 1 unspecified atom stereocenters. The Kier molecular flexibility index (Phi) is 5.06. The Hall–Kier alpha value is -0.100. The van der Waals surface area contributed by atoms with Gasteiger partial charge >= 0.3 is 0 Å². The fourth-order valence-corrected chi connectivity index (χ4v) is 3.85. The van der Waals surface area contributed by atoms with E-state index in [9.17, 15) is 5.11 Å². The zero-order chi connectivity index (χ0) is 13.0. The van der Waals surface area contributed by atoms with Crippen LogP contribution < -0.4 is 5.32 Å². The molecular weight excluding hydrogens is 264 g/mol. The molecule has 1 saturated carbocycles. The van der Waals surface area contributed by atoms with E-state index in [4.69, 9.17) is 0 Å². The van der Waals surface area contributed by atoms with Crippen molar-refractivity contribution in [1.82, 2.24) is 10.3 Å². The summed E-state index contributed by atoms with van der Waals surface area (Å²) in [5.41, 5.74) is -0.624. The quantitative estimate of drug-likeness (QED) is 0.809. The van der Waals surface area contributed by atoms with Crippen LogP contribution in [0.5, 0.6) is 0 Å².